The predicted octanol–water partition coefficient (Wildman–Crippen LogP) is 5.28. The van der Waals surface area contributed by atoms with Gasteiger partial charge in [-0.15, -0.1) is 10.2 Å². The molecule has 0 aliphatic rings. The van der Waals surface area contributed by atoms with Crippen LogP contribution in [0.5, 0.6) is 0 Å². The monoisotopic (exact) mass is 500 g/mol. The summed E-state index contributed by atoms with van der Waals surface area (Å²) in [6, 6.07) is 0. The number of nitrogen functional groups attached to an aromatic ring is 1. The van der Waals surface area contributed by atoms with Crippen LogP contribution >= 0.6 is 0 Å². The number of hydrogen-bond acceptors (Lipinski definition) is 10. The summed E-state index contributed by atoms with van der Waals surface area (Å²) in [6.45, 7) is 12.2. The fourth-order valence-corrected chi connectivity index (χ4v) is 2.93. The summed E-state index contributed by atoms with van der Waals surface area (Å²) in [5, 5.41) is 11.5. The van der Waals surface area contributed by atoms with Gasteiger partial charge >= 0.3 is 12.1 Å². The first-order chi connectivity index (χ1) is 17.0. The van der Waals surface area contributed by atoms with E-state index in [4.69, 9.17) is 34.2 Å². The Morgan fingerprint density at radius 2 is 1.06 bits per heavy atom. The number of rotatable bonds is 23. The number of aromatic nitrogens is 3. The van der Waals surface area contributed by atoms with Gasteiger partial charge in [0.2, 0.25) is 0 Å². The molecule has 0 spiro atoms. The number of nitrogens with zero attached hydrogens (tertiary/aromatic N) is 3. The topological polar surface area (TPSA) is 120 Å². The highest BCUT2D eigenvalue weighted by atomic mass is 17.1. The molecule has 0 saturated heterocycles. The van der Waals surface area contributed by atoms with Crippen LogP contribution in [0.15, 0.2) is 6.20 Å². The van der Waals surface area contributed by atoms with Gasteiger partial charge in [-0.1, -0.05) is 66.7 Å². The summed E-state index contributed by atoms with van der Waals surface area (Å²) in [4.78, 5) is 0. The normalized spacial score (nSPS) is 12.4. The van der Waals surface area contributed by atoms with Gasteiger partial charge in [0.15, 0.2) is 5.82 Å². The number of ether oxygens (including phenoxy) is 6. The van der Waals surface area contributed by atoms with Gasteiger partial charge < -0.3 is 29.4 Å². The van der Waals surface area contributed by atoms with Crippen molar-refractivity contribution in [2.24, 2.45) is 0 Å². The van der Waals surface area contributed by atoms with E-state index in [0.29, 0.717) is 38.6 Å². The Morgan fingerprint density at radius 1 is 0.657 bits per heavy atom. The summed E-state index contributed by atoms with van der Waals surface area (Å²) in [5.74, 6) is -1.72. The zero-order valence-corrected chi connectivity index (χ0v) is 22.6. The van der Waals surface area contributed by atoms with Gasteiger partial charge in [0.05, 0.1) is 39.2 Å². The van der Waals surface area contributed by atoms with Crippen LogP contribution in [0.4, 0.5) is 5.82 Å². The molecule has 0 aliphatic carbocycles. The van der Waals surface area contributed by atoms with Crippen LogP contribution in [0.25, 0.3) is 0 Å². The van der Waals surface area contributed by atoms with Crippen molar-refractivity contribution in [2.75, 3.05) is 38.8 Å². The zero-order chi connectivity index (χ0) is 25.8. The molecule has 0 aliphatic heterocycles. The van der Waals surface area contributed by atoms with Crippen LogP contribution < -0.4 is 5.73 Å². The maximum atomic E-state index is 6.53. The fourth-order valence-electron chi connectivity index (χ4n) is 2.93. The molecule has 0 unspecified atom stereocenters. The molecule has 2 N–H and O–H groups in total. The first kappa shape index (κ1) is 31.6. The molecule has 1 aromatic heterocycles. The van der Waals surface area contributed by atoms with Crippen molar-refractivity contribution in [3.8, 4) is 0 Å². The van der Waals surface area contributed by atoms with E-state index in [1.165, 1.54) is 6.20 Å². The quantitative estimate of drug-likeness (QED) is 0.157. The highest BCUT2D eigenvalue weighted by Gasteiger charge is 2.51. The molecule has 0 bridgehead atoms. The third-order valence-corrected chi connectivity index (χ3v) is 5.17. The lowest BCUT2D eigenvalue weighted by Gasteiger charge is -2.41. The molecule has 10 nitrogen and oxygen atoms in total. The Labute approximate surface area is 211 Å². The second kappa shape index (κ2) is 18.8. The van der Waals surface area contributed by atoms with Crippen molar-refractivity contribution in [3.05, 3.63) is 11.8 Å². The summed E-state index contributed by atoms with van der Waals surface area (Å²) in [7, 11) is 0. The van der Waals surface area contributed by atoms with Gasteiger partial charge in [-0.25, -0.2) is 4.74 Å². The molecule has 0 fully saturated rings. The van der Waals surface area contributed by atoms with Crippen LogP contribution in [-0.4, -0.2) is 54.6 Å². The summed E-state index contributed by atoms with van der Waals surface area (Å²) < 4.78 is 37.6. The van der Waals surface area contributed by atoms with Crippen LogP contribution in [0.3, 0.4) is 0 Å². The molecule has 1 rings (SSSR count). The van der Waals surface area contributed by atoms with Crippen molar-refractivity contribution in [1.82, 2.24) is 15.4 Å². The maximum absolute atomic E-state index is 6.53. The minimum Gasteiger partial charge on any atom is -0.382 e. The molecule has 204 valence electrons. The number of unbranched alkanes of at least 4 members (excludes halogenated alkanes) is 5. The molecule has 0 atom stereocenters. The van der Waals surface area contributed by atoms with E-state index in [1.54, 1.807) is 0 Å². The molecular weight excluding hydrogens is 452 g/mol. The van der Waals surface area contributed by atoms with E-state index in [1.807, 2.05) is 0 Å². The second-order valence-corrected chi connectivity index (χ2v) is 8.40. The van der Waals surface area contributed by atoms with E-state index in [-0.39, 0.29) is 5.82 Å². The van der Waals surface area contributed by atoms with Crippen molar-refractivity contribution >= 4 is 5.82 Å². The zero-order valence-electron chi connectivity index (χ0n) is 22.6. The van der Waals surface area contributed by atoms with Gasteiger partial charge in [-0.3, -0.25) is 0 Å². The average molecular weight is 501 g/mol. The number of anilines is 1. The van der Waals surface area contributed by atoms with Gasteiger partial charge in [0, 0.05) is 0 Å². The summed E-state index contributed by atoms with van der Waals surface area (Å²) in [5.41, 5.74) is 6.52. The van der Waals surface area contributed by atoms with E-state index >= 15 is 0 Å². The first-order valence-electron chi connectivity index (χ1n) is 13.4. The Hall–Kier alpha value is -1.43. The van der Waals surface area contributed by atoms with Crippen molar-refractivity contribution in [3.63, 3.8) is 0 Å². The molecule has 0 saturated carbocycles. The van der Waals surface area contributed by atoms with Crippen molar-refractivity contribution < 1.29 is 28.4 Å². The highest BCUT2D eigenvalue weighted by Crippen LogP contribution is 2.38. The van der Waals surface area contributed by atoms with Crippen LogP contribution in [0, 0.1) is 0 Å². The lowest BCUT2D eigenvalue weighted by Crippen LogP contribution is -2.52. The molecular formula is C25H48N4O6. The second-order valence-electron chi connectivity index (χ2n) is 8.40. The Morgan fingerprint density at radius 3 is 1.43 bits per heavy atom. The molecule has 1 heterocycles. The average Bonchev–Trinajstić information content (AvgIpc) is 2.85. The van der Waals surface area contributed by atoms with Crippen LogP contribution in [0.2, 0.25) is 0 Å². The minimum absolute atomic E-state index is 0.0811. The maximum Gasteiger partial charge on any atom is 0.417 e. The van der Waals surface area contributed by atoms with Crippen LogP contribution in [0.1, 0.15) is 104 Å². The Bertz CT molecular complexity index is 616. The molecule has 0 amide bonds. The minimum atomic E-state index is -1.85. The highest BCUT2D eigenvalue weighted by molar-refractivity contribution is 5.38. The third kappa shape index (κ3) is 11.4. The Kier molecular flexibility index (Phi) is 17.0. The van der Waals surface area contributed by atoms with E-state index in [2.05, 4.69) is 50.0 Å². The molecule has 10 heteroatoms. The predicted molar refractivity (Wildman–Crippen MR) is 134 cm³/mol. The molecule has 1 aromatic rings. The standard InChI is InChI=1S/C25H48N4O6/c1-6-11-16-30-24(31-17-12-7-2,22-21-27-29-28-23(22)26)35-25(32-18-13-8-3,33-19-14-9-4)34-20-15-10-5/h21H,6-20H2,1-5H3,(H2,26,27,28). The largest absolute Gasteiger partial charge is 0.417 e. The van der Waals surface area contributed by atoms with Crippen LogP contribution in [-0.2, 0) is 34.4 Å². The fraction of sp³-hybridized carbons (Fsp3) is 0.880. The lowest BCUT2D eigenvalue weighted by molar-refractivity contribution is -0.580. The van der Waals surface area contributed by atoms with Crippen molar-refractivity contribution in [2.45, 2.75) is 111 Å². The Balaban J connectivity index is 3.50. The van der Waals surface area contributed by atoms with Gasteiger partial charge in [-0.2, -0.15) is 0 Å². The first-order valence-corrected chi connectivity index (χ1v) is 13.4. The van der Waals surface area contributed by atoms with Gasteiger partial charge in [0.25, 0.3) is 0 Å². The van der Waals surface area contributed by atoms with E-state index < -0.39 is 12.1 Å². The number of hydrogen-bond donors (Lipinski definition) is 1. The van der Waals surface area contributed by atoms with E-state index in [9.17, 15) is 0 Å². The van der Waals surface area contributed by atoms with Gasteiger partial charge in [0.1, 0.15) is 5.56 Å². The van der Waals surface area contributed by atoms with E-state index in [0.717, 1.165) is 64.2 Å². The van der Waals surface area contributed by atoms with Gasteiger partial charge in [-0.05, 0) is 37.3 Å². The molecule has 35 heavy (non-hydrogen) atoms. The summed E-state index contributed by atoms with van der Waals surface area (Å²) in [6.07, 6.45) is 8.24. The lowest BCUT2D eigenvalue weighted by atomic mass is 10.2. The SMILES string of the molecule is CCCCOC(OCCCC)(OCCCC)OC(OCCCC)(OCCCC)c1cnnnc1N. The summed E-state index contributed by atoms with van der Waals surface area (Å²) >= 11 is 0. The number of nitrogens with two attached hydrogens (primary N) is 1. The smallest absolute Gasteiger partial charge is 0.382 e. The molecule has 0 radical (unpaired) electrons. The van der Waals surface area contributed by atoms with Crippen molar-refractivity contribution in [1.29, 1.82) is 0 Å². The third-order valence-electron chi connectivity index (χ3n) is 5.17. The molecule has 0 aromatic carbocycles.